The van der Waals surface area contributed by atoms with Crippen molar-refractivity contribution in [2.75, 3.05) is 28.9 Å². The largest absolute Gasteiger partial charge is 0.494 e. The number of carbonyl (C=O) groups excluding carboxylic acids is 1. The van der Waals surface area contributed by atoms with Crippen molar-refractivity contribution in [3.8, 4) is 5.75 Å². The number of hydrogen-bond acceptors (Lipinski definition) is 6. The molecule has 2 aromatic carbocycles. The number of nitrogens with one attached hydrogen (secondary N) is 3. The van der Waals surface area contributed by atoms with Crippen molar-refractivity contribution < 1.29 is 26.4 Å². The topological polar surface area (TPSA) is 131 Å². The van der Waals surface area contributed by atoms with E-state index < -0.39 is 20.0 Å². The molecule has 1 amide bonds. The van der Waals surface area contributed by atoms with Crippen molar-refractivity contribution >= 4 is 37.3 Å². The van der Waals surface area contributed by atoms with Crippen LogP contribution in [0.25, 0.3) is 0 Å². The van der Waals surface area contributed by atoms with Crippen molar-refractivity contribution in [1.29, 1.82) is 0 Å². The predicted molar refractivity (Wildman–Crippen MR) is 120 cm³/mol. The molecular formula is C20H27N3O6S2. The lowest BCUT2D eigenvalue weighted by atomic mass is 10.2. The Labute approximate surface area is 183 Å². The van der Waals surface area contributed by atoms with Gasteiger partial charge in [-0.05, 0) is 68.8 Å². The van der Waals surface area contributed by atoms with Gasteiger partial charge in [0, 0.05) is 18.7 Å². The Hall–Kier alpha value is -2.63. The Morgan fingerprint density at radius 2 is 1.68 bits per heavy atom. The van der Waals surface area contributed by atoms with E-state index in [1.54, 1.807) is 37.3 Å². The van der Waals surface area contributed by atoms with Gasteiger partial charge < -0.3 is 10.1 Å². The molecule has 2 rings (SSSR count). The quantitative estimate of drug-likeness (QED) is 0.463. The van der Waals surface area contributed by atoms with E-state index in [4.69, 9.17) is 4.74 Å². The maximum absolute atomic E-state index is 12.3. The standard InChI is InChI=1S/C20H27N3O6S2/c1-4-29-17-7-9-18(10-8-17)31(27,28)21-13-12-20(24)22-16-6-11-19(15(3)14-16)23-30(25,26)5-2/h6-11,14,21,23H,4-5,12-13H2,1-3H3,(H,22,24). The minimum absolute atomic E-state index is 0.0441. The first kappa shape index (κ1) is 24.6. The van der Waals surface area contributed by atoms with Crippen molar-refractivity contribution in [3.63, 3.8) is 0 Å². The average molecular weight is 470 g/mol. The van der Waals surface area contributed by atoms with Crippen LogP contribution in [0.2, 0.25) is 0 Å². The Kier molecular flexibility index (Phi) is 8.43. The Morgan fingerprint density at radius 1 is 1.00 bits per heavy atom. The molecule has 0 aliphatic carbocycles. The van der Waals surface area contributed by atoms with Crippen LogP contribution in [0, 0.1) is 6.92 Å². The highest BCUT2D eigenvalue weighted by molar-refractivity contribution is 7.92. The van der Waals surface area contributed by atoms with Gasteiger partial charge in [0.1, 0.15) is 5.75 Å². The molecule has 0 saturated heterocycles. The van der Waals surface area contributed by atoms with Gasteiger partial charge in [-0.2, -0.15) is 0 Å². The predicted octanol–water partition coefficient (Wildman–Crippen LogP) is 2.46. The van der Waals surface area contributed by atoms with Crippen LogP contribution in [0.3, 0.4) is 0 Å². The van der Waals surface area contributed by atoms with Gasteiger partial charge in [0.05, 0.1) is 22.9 Å². The van der Waals surface area contributed by atoms with Gasteiger partial charge in [0.25, 0.3) is 0 Å². The molecule has 0 aliphatic heterocycles. The number of carbonyl (C=O) groups is 1. The van der Waals surface area contributed by atoms with Crippen LogP contribution in [0.15, 0.2) is 47.4 Å². The van der Waals surface area contributed by atoms with Crippen LogP contribution in [0.5, 0.6) is 5.75 Å². The highest BCUT2D eigenvalue weighted by atomic mass is 32.2. The molecule has 0 fully saturated rings. The second-order valence-corrected chi connectivity index (χ2v) is 10.4. The zero-order chi connectivity index (χ0) is 23.1. The minimum Gasteiger partial charge on any atom is -0.494 e. The number of benzene rings is 2. The molecule has 0 radical (unpaired) electrons. The number of anilines is 2. The molecule has 31 heavy (non-hydrogen) atoms. The van der Waals surface area contributed by atoms with Gasteiger partial charge in [0.2, 0.25) is 26.0 Å². The summed E-state index contributed by atoms with van der Waals surface area (Å²) >= 11 is 0. The fourth-order valence-corrected chi connectivity index (χ4v) is 4.32. The molecule has 170 valence electrons. The Balaban J connectivity index is 1.89. The molecule has 0 aromatic heterocycles. The van der Waals surface area contributed by atoms with E-state index >= 15 is 0 Å². The third-order valence-electron chi connectivity index (χ3n) is 4.24. The highest BCUT2D eigenvalue weighted by Gasteiger charge is 2.15. The molecule has 11 heteroatoms. The number of rotatable bonds is 11. The van der Waals surface area contributed by atoms with Crippen LogP contribution >= 0.6 is 0 Å². The molecule has 0 unspecified atom stereocenters. The molecule has 2 aromatic rings. The summed E-state index contributed by atoms with van der Waals surface area (Å²) in [6, 6.07) is 10.8. The maximum atomic E-state index is 12.3. The fourth-order valence-electron chi connectivity index (χ4n) is 2.58. The van der Waals surface area contributed by atoms with Gasteiger partial charge in [-0.1, -0.05) is 0 Å². The van der Waals surface area contributed by atoms with E-state index in [9.17, 15) is 21.6 Å². The van der Waals surface area contributed by atoms with Crippen molar-refractivity contribution in [2.24, 2.45) is 0 Å². The lowest BCUT2D eigenvalue weighted by Gasteiger charge is -2.12. The van der Waals surface area contributed by atoms with Crippen molar-refractivity contribution in [3.05, 3.63) is 48.0 Å². The van der Waals surface area contributed by atoms with Crippen LogP contribution < -0.4 is 19.5 Å². The first-order valence-corrected chi connectivity index (χ1v) is 12.8. The van der Waals surface area contributed by atoms with Crippen LogP contribution in [0.1, 0.15) is 25.8 Å². The summed E-state index contributed by atoms with van der Waals surface area (Å²) in [5, 5.41) is 2.67. The monoisotopic (exact) mass is 469 g/mol. The molecular weight excluding hydrogens is 442 g/mol. The van der Waals surface area contributed by atoms with E-state index in [0.29, 0.717) is 29.3 Å². The molecule has 0 atom stereocenters. The summed E-state index contributed by atoms with van der Waals surface area (Å²) in [7, 11) is -7.14. The molecule has 9 nitrogen and oxygen atoms in total. The van der Waals surface area contributed by atoms with Gasteiger partial charge >= 0.3 is 0 Å². The Bertz CT molecular complexity index is 1110. The number of aryl methyl sites for hydroxylation is 1. The summed E-state index contributed by atoms with van der Waals surface area (Å²) in [5.74, 6) is 0.151. The first-order chi connectivity index (χ1) is 14.6. The number of hydrogen-bond donors (Lipinski definition) is 3. The van der Waals surface area contributed by atoms with Gasteiger partial charge in [-0.3, -0.25) is 9.52 Å². The summed E-state index contributed by atoms with van der Waals surface area (Å²) in [5.41, 5.74) is 1.56. The molecule has 0 saturated carbocycles. The van der Waals surface area contributed by atoms with Crippen LogP contribution in [-0.2, 0) is 24.8 Å². The molecule has 0 heterocycles. The Morgan fingerprint density at radius 3 is 2.26 bits per heavy atom. The van der Waals surface area contributed by atoms with Crippen molar-refractivity contribution in [2.45, 2.75) is 32.1 Å². The second kappa shape index (κ2) is 10.6. The zero-order valence-electron chi connectivity index (χ0n) is 17.6. The van der Waals surface area contributed by atoms with Crippen LogP contribution in [0.4, 0.5) is 11.4 Å². The minimum atomic E-state index is -3.74. The summed E-state index contributed by atoms with van der Waals surface area (Å²) in [4.78, 5) is 12.2. The first-order valence-electron chi connectivity index (χ1n) is 9.70. The molecule has 0 aliphatic rings. The van der Waals surface area contributed by atoms with E-state index in [1.165, 1.54) is 19.1 Å². The van der Waals surface area contributed by atoms with E-state index in [2.05, 4.69) is 14.8 Å². The van der Waals surface area contributed by atoms with E-state index in [1.807, 2.05) is 6.92 Å². The lowest BCUT2D eigenvalue weighted by molar-refractivity contribution is -0.116. The number of ether oxygens (including phenoxy) is 1. The van der Waals surface area contributed by atoms with Crippen molar-refractivity contribution in [1.82, 2.24) is 4.72 Å². The summed E-state index contributed by atoms with van der Waals surface area (Å²) in [6.45, 7) is 5.50. The summed E-state index contributed by atoms with van der Waals surface area (Å²) in [6.07, 6.45) is -0.0699. The molecule has 0 spiro atoms. The zero-order valence-corrected chi connectivity index (χ0v) is 19.3. The normalized spacial score (nSPS) is 11.7. The van der Waals surface area contributed by atoms with E-state index in [0.717, 1.165) is 0 Å². The van der Waals surface area contributed by atoms with Gasteiger partial charge in [-0.25, -0.2) is 21.6 Å². The SMILES string of the molecule is CCOc1ccc(S(=O)(=O)NCCC(=O)Nc2ccc(NS(=O)(=O)CC)c(C)c2)cc1. The van der Waals surface area contributed by atoms with E-state index in [-0.39, 0.29) is 29.5 Å². The molecule has 3 N–H and O–H groups in total. The number of sulfonamides is 2. The second-order valence-electron chi connectivity index (χ2n) is 6.64. The third kappa shape index (κ3) is 7.53. The average Bonchev–Trinajstić information content (AvgIpc) is 2.70. The fraction of sp³-hybridized carbons (Fsp3) is 0.350. The lowest BCUT2D eigenvalue weighted by Crippen LogP contribution is -2.27. The summed E-state index contributed by atoms with van der Waals surface area (Å²) < 4.78 is 58.2. The smallest absolute Gasteiger partial charge is 0.240 e. The number of amides is 1. The van der Waals surface area contributed by atoms with Crippen LogP contribution in [-0.4, -0.2) is 41.6 Å². The third-order valence-corrected chi connectivity index (χ3v) is 7.01. The van der Waals surface area contributed by atoms with Gasteiger partial charge in [-0.15, -0.1) is 0 Å². The maximum Gasteiger partial charge on any atom is 0.240 e. The highest BCUT2D eigenvalue weighted by Crippen LogP contribution is 2.21. The molecule has 0 bridgehead atoms. The van der Waals surface area contributed by atoms with Gasteiger partial charge in [0.15, 0.2) is 0 Å².